The molecule has 2 N–H and O–H groups in total. The first-order valence-corrected chi connectivity index (χ1v) is 8.81. The second-order valence-electron chi connectivity index (χ2n) is 5.32. The molecule has 3 heteroatoms. The van der Waals surface area contributed by atoms with E-state index in [1.807, 2.05) is 6.07 Å². The molecule has 2 aromatic carbocycles. The highest BCUT2D eigenvalue weighted by molar-refractivity contribution is 7.98. The molecule has 1 aliphatic heterocycles. The van der Waals surface area contributed by atoms with E-state index in [9.17, 15) is 0 Å². The lowest BCUT2D eigenvalue weighted by Gasteiger charge is -2.25. The van der Waals surface area contributed by atoms with Gasteiger partial charge in [-0.15, -0.1) is 11.8 Å². The zero-order valence-corrected chi connectivity index (χ0v) is 13.6. The van der Waals surface area contributed by atoms with Crippen LogP contribution in [-0.4, -0.2) is 25.5 Å². The van der Waals surface area contributed by atoms with Gasteiger partial charge in [0, 0.05) is 11.4 Å². The number of ether oxygens (including phenoxy) is 1. The van der Waals surface area contributed by atoms with Gasteiger partial charge >= 0.3 is 0 Å². The van der Waals surface area contributed by atoms with Crippen LogP contribution in [0.2, 0.25) is 0 Å². The Morgan fingerprint density at radius 3 is 2.68 bits per heavy atom. The zero-order valence-electron chi connectivity index (χ0n) is 12.8. The number of rotatable bonds is 4. The molecular formula is C19H21NOS. The summed E-state index contributed by atoms with van der Waals surface area (Å²) < 4.78 is 5.84. The molecule has 114 valence electrons. The predicted molar refractivity (Wildman–Crippen MR) is 95.0 cm³/mol. The summed E-state index contributed by atoms with van der Waals surface area (Å²) in [4.78, 5) is 1.27. The SMILES string of the molecule is CSc1ccc(-c2ccccc2)cc1C1=CCCOC1CN. The molecule has 1 unspecified atom stereocenters. The van der Waals surface area contributed by atoms with Crippen LogP contribution in [0.5, 0.6) is 0 Å². The van der Waals surface area contributed by atoms with Crippen LogP contribution in [0.4, 0.5) is 0 Å². The quantitative estimate of drug-likeness (QED) is 0.859. The molecule has 22 heavy (non-hydrogen) atoms. The van der Waals surface area contributed by atoms with Crippen molar-refractivity contribution in [1.29, 1.82) is 0 Å². The highest BCUT2D eigenvalue weighted by Crippen LogP contribution is 2.35. The van der Waals surface area contributed by atoms with Gasteiger partial charge in [0.15, 0.2) is 0 Å². The Hall–Kier alpha value is -1.55. The summed E-state index contributed by atoms with van der Waals surface area (Å²) >= 11 is 1.77. The number of nitrogens with two attached hydrogens (primary N) is 1. The third kappa shape index (κ3) is 3.12. The lowest BCUT2D eigenvalue weighted by Crippen LogP contribution is -2.28. The van der Waals surface area contributed by atoms with Crippen molar-refractivity contribution in [1.82, 2.24) is 0 Å². The molecule has 0 saturated heterocycles. The molecule has 3 rings (SSSR count). The van der Waals surface area contributed by atoms with E-state index < -0.39 is 0 Å². The molecule has 0 aliphatic carbocycles. The molecular weight excluding hydrogens is 290 g/mol. The zero-order chi connectivity index (χ0) is 15.4. The van der Waals surface area contributed by atoms with Crippen molar-refractivity contribution >= 4 is 17.3 Å². The Bertz CT molecular complexity index is 666. The Labute approximate surface area is 136 Å². The van der Waals surface area contributed by atoms with Crippen LogP contribution in [0.25, 0.3) is 16.7 Å². The van der Waals surface area contributed by atoms with Crippen molar-refractivity contribution in [2.75, 3.05) is 19.4 Å². The summed E-state index contributed by atoms with van der Waals surface area (Å²) in [6.07, 6.45) is 5.36. The van der Waals surface area contributed by atoms with Gasteiger partial charge in [0.2, 0.25) is 0 Å². The van der Waals surface area contributed by atoms with Crippen molar-refractivity contribution in [2.24, 2.45) is 5.73 Å². The van der Waals surface area contributed by atoms with Crippen LogP contribution in [-0.2, 0) is 4.74 Å². The van der Waals surface area contributed by atoms with Gasteiger partial charge in [-0.25, -0.2) is 0 Å². The van der Waals surface area contributed by atoms with E-state index in [1.54, 1.807) is 11.8 Å². The summed E-state index contributed by atoms with van der Waals surface area (Å²) in [6.45, 7) is 1.29. The molecule has 0 radical (unpaired) electrons. The van der Waals surface area contributed by atoms with E-state index in [2.05, 4.69) is 54.8 Å². The van der Waals surface area contributed by atoms with Crippen LogP contribution in [0.15, 0.2) is 59.5 Å². The molecule has 0 bridgehead atoms. The van der Waals surface area contributed by atoms with Gasteiger partial charge in [0.1, 0.15) is 0 Å². The standard InChI is InChI=1S/C19H21NOS/c1-22-19-10-9-15(14-6-3-2-4-7-14)12-17(19)16-8-5-11-21-18(16)13-20/h2-4,6-10,12,18H,5,11,13,20H2,1H3. The third-order valence-electron chi connectivity index (χ3n) is 3.98. The first-order valence-electron chi connectivity index (χ1n) is 7.59. The highest BCUT2D eigenvalue weighted by Gasteiger charge is 2.21. The molecule has 0 aromatic heterocycles. The molecule has 1 heterocycles. The summed E-state index contributed by atoms with van der Waals surface area (Å²) in [6, 6.07) is 17.1. The minimum atomic E-state index is 0.00525. The Kier molecular flexibility index (Phi) is 4.98. The molecule has 2 nitrogen and oxygen atoms in total. The monoisotopic (exact) mass is 311 g/mol. The Morgan fingerprint density at radius 1 is 1.14 bits per heavy atom. The average molecular weight is 311 g/mol. The normalized spacial score (nSPS) is 18.1. The number of thioether (sulfide) groups is 1. The summed E-state index contributed by atoms with van der Waals surface area (Å²) in [5.74, 6) is 0. The van der Waals surface area contributed by atoms with Crippen LogP contribution in [0, 0.1) is 0 Å². The minimum absolute atomic E-state index is 0.00525. The van der Waals surface area contributed by atoms with Crippen LogP contribution in [0.3, 0.4) is 0 Å². The smallest absolute Gasteiger partial charge is 0.0950 e. The predicted octanol–water partition coefficient (Wildman–Crippen LogP) is 4.21. The van der Waals surface area contributed by atoms with Gasteiger partial charge in [-0.1, -0.05) is 42.5 Å². The molecule has 1 aliphatic rings. The van der Waals surface area contributed by atoms with Gasteiger partial charge in [-0.05, 0) is 47.1 Å². The molecule has 0 saturated carbocycles. The Morgan fingerprint density at radius 2 is 1.95 bits per heavy atom. The molecule has 0 amide bonds. The first kappa shape index (κ1) is 15.3. The van der Waals surface area contributed by atoms with Crippen molar-refractivity contribution in [3.8, 4) is 11.1 Å². The number of hydrogen-bond acceptors (Lipinski definition) is 3. The van der Waals surface area contributed by atoms with E-state index in [0.717, 1.165) is 13.0 Å². The van der Waals surface area contributed by atoms with Crippen molar-refractivity contribution in [2.45, 2.75) is 17.4 Å². The molecule has 0 spiro atoms. The summed E-state index contributed by atoms with van der Waals surface area (Å²) in [5, 5.41) is 0. The lowest BCUT2D eigenvalue weighted by atomic mass is 9.94. The van der Waals surface area contributed by atoms with Crippen LogP contribution >= 0.6 is 11.8 Å². The maximum atomic E-state index is 5.90. The van der Waals surface area contributed by atoms with Crippen molar-refractivity contribution < 1.29 is 4.74 Å². The fraction of sp³-hybridized carbons (Fsp3) is 0.263. The van der Waals surface area contributed by atoms with Gasteiger partial charge in [-0.2, -0.15) is 0 Å². The number of hydrogen-bond donors (Lipinski definition) is 1. The average Bonchev–Trinajstić information content (AvgIpc) is 2.62. The van der Waals surface area contributed by atoms with E-state index in [1.165, 1.54) is 27.2 Å². The minimum Gasteiger partial charge on any atom is -0.372 e. The van der Waals surface area contributed by atoms with Crippen LogP contribution in [0.1, 0.15) is 12.0 Å². The van der Waals surface area contributed by atoms with E-state index in [-0.39, 0.29) is 6.10 Å². The highest BCUT2D eigenvalue weighted by atomic mass is 32.2. The van der Waals surface area contributed by atoms with Gasteiger partial charge in [-0.3, -0.25) is 0 Å². The van der Waals surface area contributed by atoms with Gasteiger partial charge in [0.05, 0.1) is 12.7 Å². The van der Waals surface area contributed by atoms with Crippen molar-refractivity contribution in [3.63, 3.8) is 0 Å². The molecule has 0 fully saturated rings. The summed E-state index contributed by atoms with van der Waals surface area (Å²) in [5.41, 5.74) is 10.9. The first-order chi connectivity index (χ1) is 10.8. The lowest BCUT2D eigenvalue weighted by molar-refractivity contribution is 0.0931. The van der Waals surface area contributed by atoms with E-state index in [0.29, 0.717) is 6.54 Å². The Balaban J connectivity index is 2.07. The second kappa shape index (κ2) is 7.14. The molecule has 2 aromatic rings. The summed E-state index contributed by atoms with van der Waals surface area (Å²) in [7, 11) is 0. The maximum Gasteiger partial charge on any atom is 0.0950 e. The van der Waals surface area contributed by atoms with E-state index >= 15 is 0 Å². The third-order valence-corrected chi connectivity index (χ3v) is 4.78. The maximum absolute atomic E-state index is 5.90. The van der Waals surface area contributed by atoms with Crippen LogP contribution < -0.4 is 5.73 Å². The van der Waals surface area contributed by atoms with E-state index in [4.69, 9.17) is 10.5 Å². The fourth-order valence-electron chi connectivity index (χ4n) is 2.87. The second-order valence-corrected chi connectivity index (χ2v) is 6.17. The van der Waals surface area contributed by atoms with Gasteiger partial charge < -0.3 is 10.5 Å². The largest absolute Gasteiger partial charge is 0.372 e. The van der Waals surface area contributed by atoms with Gasteiger partial charge in [0.25, 0.3) is 0 Å². The van der Waals surface area contributed by atoms with Crippen molar-refractivity contribution in [3.05, 3.63) is 60.2 Å². The topological polar surface area (TPSA) is 35.2 Å². The number of benzene rings is 2. The molecule has 1 atom stereocenters. The fourth-order valence-corrected chi connectivity index (χ4v) is 3.47.